The zero-order valence-corrected chi connectivity index (χ0v) is 65.7. The molecule has 0 radical (unpaired) electrons. The molecule has 11 heteroatoms. The molecule has 586 valence electrons. The van der Waals surface area contributed by atoms with Gasteiger partial charge in [0.2, 0.25) is 5.91 Å². The Morgan fingerprint density at radius 3 is 1.03 bits per heavy atom. The molecule has 0 aliphatic carbocycles. The average molecular weight is 1410 g/mol. The molecular weight excluding hydrogens is 1240 g/mol. The van der Waals surface area contributed by atoms with Gasteiger partial charge in [-0.3, -0.25) is 9.59 Å². The first-order valence-corrected chi connectivity index (χ1v) is 43.6. The van der Waals surface area contributed by atoms with Gasteiger partial charge in [0.1, 0.15) is 24.4 Å². The molecule has 100 heavy (non-hydrogen) atoms. The van der Waals surface area contributed by atoms with Crippen LogP contribution in [0, 0.1) is 0 Å². The summed E-state index contributed by atoms with van der Waals surface area (Å²) in [4.78, 5) is 25.3. The number of hydrogen-bond acceptors (Lipinski definition) is 10. The standard InChI is InChI=1S/C89H165NO10/c1-3-5-7-9-11-13-15-17-19-20-42-46-49-53-57-61-65-69-73-77-85(94)98-78-74-70-66-62-58-54-50-47-44-41-39-37-35-33-31-29-27-25-23-21-22-24-26-28-30-32-34-36-38-40-43-45-48-52-56-60-64-68-72-76-84(93)90-81(80-99-89-88(97)87(96)86(95)83(79-91)100-89)82(92)75-71-67-63-59-55-51-18-16-14-12-10-8-6-4-2/h11,13,17,19,21-22,25,27,71,75,81-83,86-89,91-92,95-97H,3-10,12,14-16,18,20,23-24,26,28-70,72-74,76-80H2,1-2H3,(H,90,93)/b13-11-,19-17-,22-21-,27-25-,75-71+. The molecule has 1 amide bonds. The maximum Gasteiger partial charge on any atom is 0.305 e. The van der Waals surface area contributed by atoms with Gasteiger partial charge < -0.3 is 45.1 Å². The van der Waals surface area contributed by atoms with E-state index in [1.165, 1.54) is 334 Å². The third-order valence-electron chi connectivity index (χ3n) is 20.6. The van der Waals surface area contributed by atoms with E-state index in [9.17, 15) is 35.1 Å². The molecule has 0 saturated carbocycles. The molecule has 7 unspecified atom stereocenters. The fourth-order valence-corrected chi connectivity index (χ4v) is 13.8. The Balaban J connectivity index is 1.88. The topological polar surface area (TPSA) is 175 Å². The highest BCUT2D eigenvalue weighted by atomic mass is 16.7. The second-order valence-electron chi connectivity index (χ2n) is 30.2. The molecule has 1 rings (SSSR count). The van der Waals surface area contributed by atoms with Gasteiger partial charge in [0.25, 0.3) is 0 Å². The number of aliphatic hydroxyl groups is 5. The monoisotopic (exact) mass is 1410 g/mol. The molecule has 1 heterocycles. The Hall–Kier alpha value is -2.64. The number of carbonyl (C=O) groups excluding carboxylic acids is 2. The number of unbranched alkanes of at least 4 members (excludes halogenated alkanes) is 56. The lowest BCUT2D eigenvalue weighted by molar-refractivity contribution is -0.302. The van der Waals surface area contributed by atoms with Gasteiger partial charge in [0.05, 0.1) is 32.0 Å². The number of carbonyl (C=O) groups is 2. The molecular formula is C89H165NO10. The molecule has 0 bridgehead atoms. The van der Waals surface area contributed by atoms with Crippen LogP contribution in [0.25, 0.3) is 0 Å². The van der Waals surface area contributed by atoms with Crippen LogP contribution in [0.15, 0.2) is 60.8 Å². The normalized spacial score (nSPS) is 17.4. The number of ether oxygens (including phenoxy) is 3. The first-order valence-electron chi connectivity index (χ1n) is 43.6. The second-order valence-corrected chi connectivity index (χ2v) is 30.2. The van der Waals surface area contributed by atoms with Gasteiger partial charge in [0.15, 0.2) is 6.29 Å². The van der Waals surface area contributed by atoms with Crippen LogP contribution in [-0.4, -0.2) is 100 Å². The fraction of sp³-hybridized carbons (Fsp3) is 0.865. The minimum Gasteiger partial charge on any atom is -0.466 e. The molecule has 11 nitrogen and oxygen atoms in total. The van der Waals surface area contributed by atoms with E-state index in [4.69, 9.17) is 14.2 Å². The summed E-state index contributed by atoms with van der Waals surface area (Å²) in [6.07, 6.45) is 95.6. The third-order valence-corrected chi connectivity index (χ3v) is 20.6. The SMILES string of the molecule is CCCCC/C=C\C/C=C\CCCCCCCCCCCC(=O)OCCCCCCCCCCCCCCCCC/C=C\C/C=C\CCCCCCCCCCCCCCCCCCCC(=O)NC(COC1OC(CO)C(O)C(O)C1O)C(O)/C=C/CCCCCCCCCCCCCC. The van der Waals surface area contributed by atoms with Crippen LogP contribution in [0.4, 0.5) is 0 Å². The summed E-state index contributed by atoms with van der Waals surface area (Å²) in [5.74, 6) is -0.165. The van der Waals surface area contributed by atoms with E-state index in [0.29, 0.717) is 19.4 Å². The van der Waals surface area contributed by atoms with Crippen molar-refractivity contribution in [1.29, 1.82) is 0 Å². The van der Waals surface area contributed by atoms with E-state index >= 15 is 0 Å². The highest BCUT2D eigenvalue weighted by molar-refractivity contribution is 5.76. The molecule has 0 aromatic carbocycles. The Bertz CT molecular complexity index is 1850. The maximum atomic E-state index is 13.1. The van der Waals surface area contributed by atoms with Crippen molar-refractivity contribution in [2.45, 2.75) is 474 Å². The van der Waals surface area contributed by atoms with Gasteiger partial charge in [-0.1, -0.05) is 383 Å². The number of hydrogen-bond donors (Lipinski definition) is 6. The van der Waals surface area contributed by atoms with E-state index in [1.807, 2.05) is 6.08 Å². The summed E-state index contributed by atoms with van der Waals surface area (Å²) in [5.41, 5.74) is 0. The van der Waals surface area contributed by atoms with Crippen LogP contribution in [0.1, 0.15) is 431 Å². The number of rotatable bonds is 78. The lowest BCUT2D eigenvalue weighted by atomic mass is 9.99. The molecule has 6 N–H and O–H groups in total. The second kappa shape index (κ2) is 77.5. The van der Waals surface area contributed by atoms with Gasteiger partial charge in [0, 0.05) is 12.8 Å². The zero-order chi connectivity index (χ0) is 72.2. The summed E-state index contributed by atoms with van der Waals surface area (Å²) >= 11 is 0. The number of esters is 1. The lowest BCUT2D eigenvalue weighted by Crippen LogP contribution is -2.60. The van der Waals surface area contributed by atoms with E-state index in [-0.39, 0.29) is 18.5 Å². The Labute approximate surface area is 618 Å². The van der Waals surface area contributed by atoms with Crippen molar-refractivity contribution in [3.8, 4) is 0 Å². The van der Waals surface area contributed by atoms with Gasteiger partial charge in [-0.15, -0.1) is 0 Å². The van der Waals surface area contributed by atoms with Crippen molar-refractivity contribution in [2.24, 2.45) is 0 Å². The smallest absolute Gasteiger partial charge is 0.305 e. The van der Waals surface area contributed by atoms with Crippen LogP contribution in [-0.2, 0) is 23.8 Å². The van der Waals surface area contributed by atoms with E-state index in [0.717, 1.165) is 70.6 Å². The van der Waals surface area contributed by atoms with Crippen LogP contribution < -0.4 is 5.32 Å². The molecule has 1 saturated heterocycles. The number of amides is 1. The van der Waals surface area contributed by atoms with Gasteiger partial charge in [-0.25, -0.2) is 0 Å². The van der Waals surface area contributed by atoms with Crippen molar-refractivity contribution >= 4 is 11.9 Å². The minimum absolute atomic E-state index is 0.0113. The predicted molar refractivity (Wildman–Crippen MR) is 426 cm³/mol. The van der Waals surface area contributed by atoms with Crippen LogP contribution in [0.2, 0.25) is 0 Å². The highest BCUT2D eigenvalue weighted by Crippen LogP contribution is 2.24. The summed E-state index contributed by atoms with van der Waals surface area (Å²) in [5, 5.41) is 54.7. The largest absolute Gasteiger partial charge is 0.466 e. The molecule has 0 aromatic heterocycles. The van der Waals surface area contributed by atoms with E-state index in [2.05, 4.69) is 67.8 Å². The molecule has 7 atom stereocenters. The lowest BCUT2D eigenvalue weighted by Gasteiger charge is -2.40. The summed E-state index contributed by atoms with van der Waals surface area (Å²) in [7, 11) is 0. The maximum absolute atomic E-state index is 13.1. The van der Waals surface area contributed by atoms with Crippen molar-refractivity contribution in [1.82, 2.24) is 5.32 Å². The van der Waals surface area contributed by atoms with Gasteiger partial charge in [-0.2, -0.15) is 0 Å². The number of nitrogens with one attached hydrogen (secondary N) is 1. The van der Waals surface area contributed by atoms with E-state index in [1.54, 1.807) is 6.08 Å². The molecule has 1 aliphatic heterocycles. The van der Waals surface area contributed by atoms with Crippen LogP contribution >= 0.6 is 0 Å². The summed E-state index contributed by atoms with van der Waals surface area (Å²) in [6.45, 7) is 4.37. The van der Waals surface area contributed by atoms with Crippen molar-refractivity contribution in [3.63, 3.8) is 0 Å². The third kappa shape index (κ3) is 64.9. The molecule has 1 fully saturated rings. The Morgan fingerprint density at radius 1 is 0.370 bits per heavy atom. The number of allylic oxidation sites excluding steroid dienone is 9. The first kappa shape index (κ1) is 95.4. The minimum atomic E-state index is -1.57. The molecule has 1 aliphatic rings. The van der Waals surface area contributed by atoms with Crippen LogP contribution in [0.3, 0.4) is 0 Å². The first-order chi connectivity index (χ1) is 49.2. The average Bonchev–Trinajstić information content (AvgIpc) is 0.822. The zero-order valence-electron chi connectivity index (χ0n) is 65.7. The molecule has 0 spiro atoms. The van der Waals surface area contributed by atoms with Crippen molar-refractivity contribution < 1.29 is 49.3 Å². The Kier molecular flexibility index (Phi) is 73.9. The molecule has 0 aromatic rings. The number of aliphatic hydroxyl groups excluding tert-OH is 5. The predicted octanol–water partition coefficient (Wildman–Crippen LogP) is 24.4. The van der Waals surface area contributed by atoms with E-state index < -0.39 is 49.5 Å². The van der Waals surface area contributed by atoms with Crippen molar-refractivity contribution in [3.05, 3.63) is 60.8 Å². The van der Waals surface area contributed by atoms with Gasteiger partial charge >= 0.3 is 5.97 Å². The fourth-order valence-electron chi connectivity index (χ4n) is 13.8. The van der Waals surface area contributed by atoms with Crippen LogP contribution in [0.5, 0.6) is 0 Å². The highest BCUT2D eigenvalue weighted by Gasteiger charge is 2.44. The van der Waals surface area contributed by atoms with Gasteiger partial charge in [-0.05, 0) is 96.3 Å². The van der Waals surface area contributed by atoms with Crippen molar-refractivity contribution in [2.75, 3.05) is 19.8 Å². The quantitative estimate of drug-likeness (QED) is 0.0195. The summed E-state index contributed by atoms with van der Waals surface area (Å²) in [6, 6.07) is -0.809. The summed E-state index contributed by atoms with van der Waals surface area (Å²) < 4.78 is 16.8. The Morgan fingerprint density at radius 2 is 0.670 bits per heavy atom.